The Kier molecular flexibility index (Phi) is 7.91. The molecule has 220 valence electrons. The number of halogens is 4. The molecule has 1 fully saturated rings. The molecule has 11 heteroatoms. The number of aromatic nitrogens is 2. The molecular formula is C31H29F4N3O4. The first kappa shape index (κ1) is 29.4. The highest BCUT2D eigenvalue weighted by Crippen LogP contribution is 2.39. The summed E-state index contributed by atoms with van der Waals surface area (Å²) in [7, 11) is 1.39. The number of rotatable bonds is 8. The van der Waals surface area contributed by atoms with Gasteiger partial charge in [0, 0.05) is 40.4 Å². The highest BCUT2D eigenvalue weighted by Gasteiger charge is 2.41. The lowest BCUT2D eigenvalue weighted by molar-refractivity contribution is -0.00266. The van der Waals surface area contributed by atoms with E-state index in [1.165, 1.54) is 69.5 Å². The molecule has 1 aliphatic heterocycles. The Hall–Kier alpha value is -4.09. The number of ether oxygens (including phenoxy) is 2. The standard InChI is InChI=1S/C31H29F4N3O4/c1-30(2,40)22-14-24(38-27(25(22)33)17-5-7-21(32)8-6-17)31(9-4-10-42-31)16-37-29(39)19-11-18-12-20(28(34)35)15-36-26(18)23(13-19)41-3/h5-8,11-15,28,40H,4,9-10,16H2,1-3H3,(H,37,39)/t31-/m0/s1. The normalized spacial score (nSPS) is 17.2. The fourth-order valence-electron chi connectivity index (χ4n) is 5.10. The van der Waals surface area contributed by atoms with E-state index in [1.807, 2.05) is 0 Å². The number of carbonyl (C=O) groups excluding carboxylic acids is 1. The Bertz CT molecular complexity index is 1630. The summed E-state index contributed by atoms with van der Waals surface area (Å²) in [6.45, 7) is 3.17. The number of carbonyl (C=O) groups is 1. The molecule has 7 nitrogen and oxygen atoms in total. The van der Waals surface area contributed by atoms with Crippen LogP contribution in [0, 0.1) is 11.6 Å². The molecule has 5 rings (SSSR count). The van der Waals surface area contributed by atoms with Crippen molar-refractivity contribution in [1.29, 1.82) is 0 Å². The molecule has 0 saturated carbocycles. The van der Waals surface area contributed by atoms with Crippen molar-refractivity contribution in [3.05, 3.63) is 88.7 Å². The summed E-state index contributed by atoms with van der Waals surface area (Å²) in [6.07, 6.45) is -0.608. The van der Waals surface area contributed by atoms with E-state index in [0.29, 0.717) is 41.6 Å². The van der Waals surface area contributed by atoms with Crippen molar-refractivity contribution in [3.8, 4) is 17.0 Å². The van der Waals surface area contributed by atoms with Gasteiger partial charge in [-0.3, -0.25) is 9.78 Å². The maximum absolute atomic E-state index is 15.7. The van der Waals surface area contributed by atoms with Crippen LogP contribution in [-0.2, 0) is 15.9 Å². The SMILES string of the molecule is COc1cc(C(=O)NC[C@]2(c3cc(C(C)(C)O)c(F)c(-c4ccc(F)cc4)n3)CCCO2)cc2cc(C(F)F)cnc12. The third-order valence-corrected chi connectivity index (χ3v) is 7.34. The summed E-state index contributed by atoms with van der Waals surface area (Å²) >= 11 is 0. The molecule has 3 heterocycles. The van der Waals surface area contributed by atoms with Gasteiger partial charge in [0.05, 0.1) is 24.9 Å². The highest BCUT2D eigenvalue weighted by atomic mass is 19.3. The second-order valence-corrected chi connectivity index (χ2v) is 10.7. The molecule has 42 heavy (non-hydrogen) atoms. The van der Waals surface area contributed by atoms with E-state index in [4.69, 9.17) is 9.47 Å². The van der Waals surface area contributed by atoms with Crippen molar-refractivity contribution >= 4 is 16.8 Å². The number of alkyl halides is 2. The summed E-state index contributed by atoms with van der Waals surface area (Å²) in [5.74, 6) is -1.54. The van der Waals surface area contributed by atoms with Crippen LogP contribution in [0.1, 0.15) is 60.3 Å². The van der Waals surface area contributed by atoms with Gasteiger partial charge in [0.2, 0.25) is 0 Å². The monoisotopic (exact) mass is 583 g/mol. The highest BCUT2D eigenvalue weighted by molar-refractivity contribution is 6.00. The van der Waals surface area contributed by atoms with Gasteiger partial charge in [-0.15, -0.1) is 0 Å². The zero-order valence-electron chi connectivity index (χ0n) is 23.2. The number of hydrogen-bond acceptors (Lipinski definition) is 6. The number of fused-ring (bicyclic) bond motifs is 1. The third kappa shape index (κ3) is 5.66. The maximum Gasteiger partial charge on any atom is 0.265 e. The third-order valence-electron chi connectivity index (χ3n) is 7.34. The zero-order valence-corrected chi connectivity index (χ0v) is 23.2. The van der Waals surface area contributed by atoms with Gasteiger partial charge < -0.3 is 19.9 Å². The van der Waals surface area contributed by atoms with Gasteiger partial charge in [-0.2, -0.15) is 0 Å². The van der Waals surface area contributed by atoms with Crippen LogP contribution < -0.4 is 10.1 Å². The van der Waals surface area contributed by atoms with E-state index in [1.54, 1.807) is 0 Å². The van der Waals surface area contributed by atoms with Gasteiger partial charge in [0.1, 0.15) is 28.4 Å². The fourth-order valence-corrected chi connectivity index (χ4v) is 5.10. The molecule has 1 saturated heterocycles. The quantitative estimate of drug-likeness (QED) is 0.241. The molecule has 2 N–H and O–H groups in total. The van der Waals surface area contributed by atoms with Gasteiger partial charge in [0.25, 0.3) is 12.3 Å². The lowest BCUT2D eigenvalue weighted by atomic mass is 9.89. The minimum absolute atomic E-state index is 0.0328. The smallest absolute Gasteiger partial charge is 0.265 e. The van der Waals surface area contributed by atoms with E-state index in [2.05, 4.69) is 15.3 Å². The summed E-state index contributed by atoms with van der Waals surface area (Å²) in [5.41, 5.74) is -2.09. The summed E-state index contributed by atoms with van der Waals surface area (Å²) in [4.78, 5) is 22.0. The number of benzene rings is 2. The zero-order chi connectivity index (χ0) is 30.2. The second-order valence-electron chi connectivity index (χ2n) is 10.7. The van der Waals surface area contributed by atoms with Crippen LogP contribution in [0.25, 0.3) is 22.2 Å². The molecule has 4 aromatic rings. The van der Waals surface area contributed by atoms with Crippen LogP contribution in [0.3, 0.4) is 0 Å². The van der Waals surface area contributed by atoms with Crippen molar-refractivity contribution < 1.29 is 36.9 Å². The number of methoxy groups -OCH3 is 1. The Morgan fingerprint density at radius 1 is 1.17 bits per heavy atom. The number of nitrogens with one attached hydrogen (secondary N) is 1. The maximum atomic E-state index is 15.7. The molecule has 0 spiro atoms. The van der Waals surface area contributed by atoms with E-state index < -0.39 is 35.2 Å². The molecule has 1 aliphatic rings. The fraction of sp³-hybridized carbons (Fsp3) is 0.323. The van der Waals surface area contributed by atoms with Gasteiger partial charge >= 0.3 is 0 Å². The van der Waals surface area contributed by atoms with Crippen molar-refractivity contribution in [2.75, 3.05) is 20.3 Å². The summed E-state index contributed by atoms with van der Waals surface area (Å²) in [5, 5.41) is 13.9. The predicted octanol–water partition coefficient (Wildman–Crippen LogP) is 6.18. The van der Waals surface area contributed by atoms with E-state index in [0.717, 1.165) is 6.20 Å². The lowest BCUT2D eigenvalue weighted by Gasteiger charge is -2.31. The molecule has 0 aliphatic carbocycles. The molecule has 2 aromatic heterocycles. The Morgan fingerprint density at radius 2 is 1.90 bits per heavy atom. The van der Waals surface area contributed by atoms with E-state index >= 15 is 4.39 Å². The average Bonchev–Trinajstić information content (AvgIpc) is 3.45. The molecule has 0 bridgehead atoms. The lowest BCUT2D eigenvalue weighted by Crippen LogP contribution is -2.41. The molecular weight excluding hydrogens is 554 g/mol. The van der Waals surface area contributed by atoms with Crippen molar-refractivity contribution in [2.24, 2.45) is 0 Å². The minimum Gasteiger partial charge on any atom is -0.494 e. The number of amides is 1. The second kappa shape index (κ2) is 11.3. The first-order chi connectivity index (χ1) is 19.9. The molecule has 2 aromatic carbocycles. The topological polar surface area (TPSA) is 93.6 Å². The van der Waals surface area contributed by atoms with Crippen LogP contribution in [0.15, 0.2) is 54.7 Å². The average molecular weight is 584 g/mol. The molecule has 1 atom stereocenters. The Balaban J connectivity index is 1.52. The van der Waals surface area contributed by atoms with E-state index in [9.17, 15) is 23.1 Å². The summed E-state index contributed by atoms with van der Waals surface area (Å²) < 4.78 is 67.3. The van der Waals surface area contributed by atoms with Crippen LogP contribution in [0.2, 0.25) is 0 Å². The van der Waals surface area contributed by atoms with Gasteiger partial charge in [0.15, 0.2) is 5.82 Å². The van der Waals surface area contributed by atoms with Gasteiger partial charge in [-0.1, -0.05) is 0 Å². The number of hydrogen-bond donors (Lipinski definition) is 2. The molecule has 1 amide bonds. The largest absolute Gasteiger partial charge is 0.494 e. The number of pyridine rings is 2. The first-order valence-corrected chi connectivity index (χ1v) is 13.3. The van der Waals surface area contributed by atoms with Crippen LogP contribution >= 0.6 is 0 Å². The van der Waals surface area contributed by atoms with Crippen molar-refractivity contribution in [1.82, 2.24) is 15.3 Å². The van der Waals surface area contributed by atoms with Crippen LogP contribution in [-0.4, -0.2) is 41.2 Å². The van der Waals surface area contributed by atoms with Crippen molar-refractivity contribution in [3.63, 3.8) is 0 Å². The van der Waals surface area contributed by atoms with Gasteiger partial charge in [-0.25, -0.2) is 22.5 Å². The van der Waals surface area contributed by atoms with Crippen LogP contribution in [0.4, 0.5) is 17.6 Å². The minimum atomic E-state index is -2.73. The Labute approximate surface area is 239 Å². The Morgan fingerprint density at radius 3 is 2.52 bits per heavy atom. The number of nitrogens with zero attached hydrogens (tertiary/aromatic N) is 2. The predicted molar refractivity (Wildman–Crippen MR) is 147 cm³/mol. The summed E-state index contributed by atoms with van der Waals surface area (Å²) in [6, 6.07) is 10.8. The van der Waals surface area contributed by atoms with E-state index in [-0.39, 0.29) is 34.7 Å². The number of aliphatic hydroxyl groups is 1. The van der Waals surface area contributed by atoms with Crippen LogP contribution in [0.5, 0.6) is 5.75 Å². The van der Waals surface area contributed by atoms with Gasteiger partial charge in [-0.05, 0) is 75.2 Å². The first-order valence-electron chi connectivity index (χ1n) is 13.3. The molecule has 0 radical (unpaired) electrons. The molecule has 0 unspecified atom stereocenters. The van der Waals surface area contributed by atoms with Crippen molar-refractivity contribution in [2.45, 2.75) is 44.3 Å².